The lowest BCUT2D eigenvalue weighted by molar-refractivity contribution is 0.0290. The highest BCUT2D eigenvalue weighted by atomic mass is 79.9. The van der Waals surface area contributed by atoms with Crippen LogP contribution in [0.1, 0.15) is 37.6 Å². The molecule has 0 radical (unpaired) electrons. The first kappa shape index (κ1) is 16.8. The van der Waals surface area contributed by atoms with E-state index in [-0.39, 0.29) is 18.0 Å². The number of likely N-dealkylation sites (tertiary alicyclic amines) is 1. The summed E-state index contributed by atoms with van der Waals surface area (Å²) in [6.45, 7) is 6.60. The van der Waals surface area contributed by atoms with E-state index in [4.69, 9.17) is 4.74 Å². The molecule has 1 aliphatic heterocycles. The van der Waals surface area contributed by atoms with Crippen molar-refractivity contribution in [3.05, 3.63) is 34.3 Å². The Hall–Kier alpha value is -1.56. The zero-order valence-electron chi connectivity index (χ0n) is 13.1. The summed E-state index contributed by atoms with van der Waals surface area (Å²) in [5.74, 6) is -0.127. The molecule has 0 aromatic heterocycles. The van der Waals surface area contributed by atoms with Crippen LogP contribution in [0.5, 0.6) is 0 Å². The molecule has 0 saturated carbocycles. The van der Waals surface area contributed by atoms with Gasteiger partial charge in [-0.15, -0.1) is 0 Å². The summed E-state index contributed by atoms with van der Waals surface area (Å²) in [5, 5.41) is 2.96. The number of nitrogens with zero attached hydrogens (tertiary/aromatic N) is 1. The molecule has 6 heteroatoms. The first-order valence-corrected chi connectivity index (χ1v) is 8.08. The Balaban J connectivity index is 1.88. The monoisotopic (exact) mass is 368 g/mol. The second kappa shape index (κ2) is 6.69. The fourth-order valence-electron chi connectivity index (χ4n) is 2.27. The molecule has 1 aromatic rings. The van der Waals surface area contributed by atoms with Gasteiger partial charge in [0.15, 0.2) is 0 Å². The molecule has 1 heterocycles. The Morgan fingerprint density at radius 3 is 2.73 bits per heavy atom. The number of ether oxygens (including phenoxy) is 1. The number of hydrogen-bond donors (Lipinski definition) is 1. The molecule has 1 fully saturated rings. The highest BCUT2D eigenvalue weighted by Crippen LogP contribution is 2.16. The van der Waals surface area contributed by atoms with E-state index in [1.54, 1.807) is 17.0 Å². The smallest absolute Gasteiger partial charge is 0.410 e. The van der Waals surface area contributed by atoms with Crippen LogP contribution in [-0.2, 0) is 4.74 Å². The molecule has 2 amide bonds. The van der Waals surface area contributed by atoms with Crippen LogP contribution in [0, 0.1) is 0 Å². The maximum absolute atomic E-state index is 12.2. The summed E-state index contributed by atoms with van der Waals surface area (Å²) in [6.07, 6.45) is 0.408. The number of carbonyl (C=O) groups excluding carboxylic acids is 2. The average Bonchev–Trinajstić information content (AvgIpc) is 2.85. The van der Waals surface area contributed by atoms with E-state index in [1.165, 1.54) is 0 Å². The number of rotatable bonds is 2. The molecule has 0 aliphatic carbocycles. The maximum Gasteiger partial charge on any atom is 0.410 e. The number of amides is 2. The minimum absolute atomic E-state index is 0.0426. The van der Waals surface area contributed by atoms with Crippen LogP contribution in [0.25, 0.3) is 0 Å². The molecule has 1 atom stereocenters. The minimum Gasteiger partial charge on any atom is -0.444 e. The van der Waals surface area contributed by atoms with Crippen LogP contribution in [0.2, 0.25) is 0 Å². The van der Waals surface area contributed by atoms with Crippen molar-refractivity contribution in [2.24, 2.45) is 0 Å². The molecular formula is C16H21BrN2O3. The fraction of sp³-hybridized carbons (Fsp3) is 0.500. The van der Waals surface area contributed by atoms with Gasteiger partial charge in [0.1, 0.15) is 5.60 Å². The zero-order valence-corrected chi connectivity index (χ0v) is 14.6. The van der Waals surface area contributed by atoms with Crippen LogP contribution >= 0.6 is 15.9 Å². The molecule has 0 bridgehead atoms. The van der Waals surface area contributed by atoms with Gasteiger partial charge in [-0.3, -0.25) is 4.79 Å². The molecule has 1 saturated heterocycles. The summed E-state index contributed by atoms with van der Waals surface area (Å²) >= 11 is 3.35. The van der Waals surface area contributed by atoms with Gasteiger partial charge in [0.25, 0.3) is 5.91 Å². The van der Waals surface area contributed by atoms with Crippen molar-refractivity contribution in [2.45, 2.75) is 38.8 Å². The Kier molecular flexibility index (Phi) is 5.11. The first-order chi connectivity index (χ1) is 10.2. The predicted octanol–water partition coefficient (Wildman–Crippen LogP) is 3.19. The van der Waals surface area contributed by atoms with Gasteiger partial charge < -0.3 is 15.0 Å². The van der Waals surface area contributed by atoms with Crippen molar-refractivity contribution in [1.29, 1.82) is 0 Å². The van der Waals surface area contributed by atoms with Gasteiger partial charge in [-0.05, 0) is 45.4 Å². The molecule has 0 unspecified atom stereocenters. The number of hydrogen-bond acceptors (Lipinski definition) is 3. The van der Waals surface area contributed by atoms with Crippen LogP contribution in [0.4, 0.5) is 4.79 Å². The van der Waals surface area contributed by atoms with Gasteiger partial charge in [-0.25, -0.2) is 4.79 Å². The van der Waals surface area contributed by atoms with Gasteiger partial charge in [0, 0.05) is 29.2 Å². The van der Waals surface area contributed by atoms with E-state index in [2.05, 4.69) is 21.2 Å². The third kappa shape index (κ3) is 4.73. The molecule has 1 aliphatic rings. The van der Waals surface area contributed by atoms with Crippen LogP contribution < -0.4 is 5.32 Å². The summed E-state index contributed by atoms with van der Waals surface area (Å²) in [7, 11) is 0. The van der Waals surface area contributed by atoms with Crippen LogP contribution in [0.3, 0.4) is 0 Å². The van der Waals surface area contributed by atoms with Gasteiger partial charge in [0.2, 0.25) is 0 Å². The number of nitrogens with one attached hydrogen (secondary N) is 1. The Morgan fingerprint density at radius 1 is 1.36 bits per heavy atom. The molecule has 2 rings (SSSR count). The summed E-state index contributed by atoms with van der Waals surface area (Å²) in [6, 6.07) is 7.19. The van der Waals surface area contributed by atoms with E-state index in [0.717, 1.165) is 10.9 Å². The quantitative estimate of drug-likeness (QED) is 0.871. The van der Waals surface area contributed by atoms with E-state index in [9.17, 15) is 9.59 Å². The molecule has 22 heavy (non-hydrogen) atoms. The number of carbonyl (C=O) groups is 2. The highest BCUT2D eigenvalue weighted by Gasteiger charge is 2.30. The molecule has 0 spiro atoms. The first-order valence-electron chi connectivity index (χ1n) is 7.29. The second-order valence-electron chi connectivity index (χ2n) is 6.40. The SMILES string of the molecule is CC(C)(C)OC(=O)N1CC[C@@H](NC(=O)c2cccc(Br)c2)C1. The van der Waals surface area contributed by atoms with Crippen molar-refractivity contribution in [1.82, 2.24) is 10.2 Å². The molecule has 5 nitrogen and oxygen atoms in total. The van der Waals surface area contributed by atoms with Gasteiger partial charge in [-0.2, -0.15) is 0 Å². The maximum atomic E-state index is 12.2. The lowest BCUT2D eigenvalue weighted by atomic mass is 10.2. The summed E-state index contributed by atoms with van der Waals surface area (Å²) < 4.78 is 6.21. The summed E-state index contributed by atoms with van der Waals surface area (Å²) in [5.41, 5.74) is 0.0967. The lowest BCUT2D eigenvalue weighted by Crippen LogP contribution is -2.40. The predicted molar refractivity (Wildman–Crippen MR) is 87.8 cm³/mol. The second-order valence-corrected chi connectivity index (χ2v) is 7.31. The van der Waals surface area contributed by atoms with Crippen molar-refractivity contribution in [3.8, 4) is 0 Å². The van der Waals surface area contributed by atoms with Crippen molar-refractivity contribution in [2.75, 3.05) is 13.1 Å². The number of benzene rings is 1. The normalized spacial score (nSPS) is 18.2. The van der Waals surface area contributed by atoms with E-state index in [0.29, 0.717) is 18.7 Å². The molecule has 1 N–H and O–H groups in total. The van der Waals surface area contributed by atoms with Crippen molar-refractivity contribution >= 4 is 27.9 Å². The lowest BCUT2D eigenvalue weighted by Gasteiger charge is -2.24. The van der Waals surface area contributed by atoms with Crippen molar-refractivity contribution < 1.29 is 14.3 Å². The van der Waals surface area contributed by atoms with E-state index >= 15 is 0 Å². The fourth-order valence-corrected chi connectivity index (χ4v) is 2.67. The zero-order chi connectivity index (χ0) is 16.3. The minimum atomic E-state index is -0.505. The molecule has 1 aromatic carbocycles. The van der Waals surface area contributed by atoms with E-state index in [1.807, 2.05) is 32.9 Å². The largest absolute Gasteiger partial charge is 0.444 e. The molecular weight excluding hydrogens is 348 g/mol. The Labute approximate surface area is 139 Å². The van der Waals surface area contributed by atoms with Gasteiger partial charge in [-0.1, -0.05) is 22.0 Å². The van der Waals surface area contributed by atoms with E-state index < -0.39 is 5.60 Å². The van der Waals surface area contributed by atoms with Crippen molar-refractivity contribution in [3.63, 3.8) is 0 Å². The van der Waals surface area contributed by atoms with Crippen LogP contribution in [-0.4, -0.2) is 41.6 Å². The standard InChI is InChI=1S/C16H21BrN2O3/c1-16(2,3)22-15(21)19-8-7-13(10-19)18-14(20)11-5-4-6-12(17)9-11/h4-6,9,13H,7-8,10H2,1-3H3,(H,18,20)/t13-/m1/s1. The highest BCUT2D eigenvalue weighted by molar-refractivity contribution is 9.10. The third-order valence-corrected chi connectivity index (χ3v) is 3.76. The van der Waals surface area contributed by atoms with Gasteiger partial charge in [0.05, 0.1) is 0 Å². The topological polar surface area (TPSA) is 58.6 Å². The van der Waals surface area contributed by atoms with Gasteiger partial charge >= 0.3 is 6.09 Å². The van der Waals surface area contributed by atoms with Crippen LogP contribution in [0.15, 0.2) is 28.7 Å². The summed E-state index contributed by atoms with van der Waals surface area (Å²) in [4.78, 5) is 25.8. The number of halogens is 1. The average molecular weight is 369 g/mol. The molecule has 120 valence electrons. The third-order valence-electron chi connectivity index (χ3n) is 3.26. The Bertz CT molecular complexity index is 569. The Morgan fingerprint density at radius 2 is 2.09 bits per heavy atom.